The van der Waals surface area contributed by atoms with Gasteiger partial charge in [-0.3, -0.25) is 9.59 Å². The molecule has 0 saturated heterocycles. The third-order valence-corrected chi connectivity index (χ3v) is 6.78. The topological polar surface area (TPSA) is 95.6 Å². The molecule has 0 atom stereocenters. The van der Waals surface area contributed by atoms with Gasteiger partial charge >= 0.3 is 0 Å². The Bertz CT molecular complexity index is 1030. The fourth-order valence-corrected chi connectivity index (χ4v) is 4.37. The summed E-state index contributed by atoms with van der Waals surface area (Å²) in [4.78, 5) is 23.7. The maximum absolute atomic E-state index is 14.2. The van der Waals surface area contributed by atoms with Crippen molar-refractivity contribution in [2.24, 2.45) is 5.92 Å². The Morgan fingerprint density at radius 2 is 1.65 bits per heavy atom. The highest BCUT2D eigenvalue weighted by Gasteiger charge is 2.26. The Morgan fingerprint density at radius 1 is 1.03 bits per heavy atom. The van der Waals surface area contributed by atoms with Crippen molar-refractivity contribution in [3.8, 4) is 0 Å². The van der Waals surface area contributed by atoms with Crippen LogP contribution >= 0.6 is 0 Å². The zero-order valence-corrected chi connectivity index (χ0v) is 18.9. The molecule has 0 radical (unpaired) electrons. The summed E-state index contributed by atoms with van der Waals surface area (Å²) in [5, 5.41) is 5.47. The summed E-state index contributed by atoms with van der Waals surface area (Å²) in [6.07, 6.45) is 0. The van der Waals surface area contributed by atoms with E-state index in [1.54, 1.807) is 52.0 Å². The molecule has 2 amide bonds. The van der Waals surface area contributed by atoms with E-state index in [0.717, 1.165) is 22.0 Å². The van der Waals surface area contributed by atoms with Crippen molar-refractivity contribution >= 4 is 27.5 Å². The number of sulfonamides is 1. The van der Waals surface area contributed by atoms with E-state index in [1.807, 2.05) is 0 Å². The zero-order valence-electron chi connectivity index (χ0n) is 18.1. The molecule has 168 valence electrons. The lowest BCUT2D eigenvalue weighted by Crippen LogP contribution is -2.31. The van der Waals surface area contributed by atoms with Gasteiger partial charge in [-0.2, -0.15) is 4.31 Å². The summed E-state index contributed by atoms with van der Waals surface area (Å²) in [5.41, 5.74) is 1.49. The van der Waals surface area contributed by atoms with Gasteiger partial charge in [0.05, 0.1) is 0 Å². The number of nitrogens with one attached hydrogen (secondary N) is 2. The lowest BCUT2D eigenvalue weighted by atomic mass is 10.1. The van der Waals surface area contributed by atoms with Gasteiger partial charge in [-0.05, 0) is 35.9 Å². The standard InChI is InChI=1S/C22H28FN3O4S/c1-5-26(6-2)31(29,30)20-13-17(9-12-19(20)23)22(28)24-14-16-7-10-18(11-8-16)25-21(27)15(3)4/h7-13,15H,5-6,14H2,1-4H3,(H,24,28)(H,25,27). The molecule has 0 fully saturated rings. The van der Waals surface area contributed by atoms with Gasteiger partial charge in [0.15, 0.2) is 0 Å². The second-order valence-electron chi connectivity index (χ2n) is 7.26. The number of rotatable bonds is 9. The fourth-order valence-electron chi connectivity index (χ4n) is 2.82. The van der Waals surface area contributed by atoms with E-state index in [1.165, 1.54) is 6.07 Å². The molecule has 31 heavy (non-hydrogen) atoms. The van der Waals surface area contributed by atoms with Crippen LogP contribution in [-0.4, -0.2) is 37.6 Å². The Kier molecular flexibility index (Phi) is 8.29. The van der Waals surface area contributed by atoms with E-state index in [-0.39, 0.29) is 37.0 Å². The molecule has 0 aliphatic rings. The van der Waals surface area contributed by atoms with E-state index in [4.69, 9.17) is 0 Å². The molecule has 0 bridgehead atoms. The maximum atomic E-state index is 14.2. The van der Waals surface area contributed by atoms with Crippen LogP contribution in [0.1, 0.15) is 43.6 Å². The lowest BCUT2D eigenvalue weighted by Gasteiger charge is -2.19. The zero-order chi connectivity index (χ0) is 23.2. The highest BCUT2D eigenvalue weighted by molar-refractivity contribution is 7.89. The van der Waals surface area contributed by atoms with Crippen LogP contribution in [0.3, 0.4) is 0 Å². The molecular formula is C22H28FN3O4S. The monoisotopic (exact) mass is 449 g/mol. The van der Waals surface area contributed by atoms with Crippen molar-refractivity contribution in [1.29, 1.82) is 0 Å². The van der Waals surface area contributed by atoms with Crippen LogP contribution in [0, 0.1) is 11.7 Å². The van der Waals surface area contributed by atoms with Crippen LogP contribution in [0.15, 0.2) is 47.4 Å². The van der Waals surface area contributed by atoms with Crippen molar-refractivity contribution < 1.29 is 22.4 Å². The first-order valence-corrected chi connectivity index (χ1v) is 11.5. The van der Waals surface area contributed by atoms with Gasteiger partial charge < -0.3 is 10.6 Å². The minimum absolute atomic E-state index is 0.0490. The molecule has 7 nitrogen and oxygen atoms in total. The predicted molar refractivity (Wildman–Crippen MR) is 118 cm³/mol. The molecule has 0 saturated carbocycles. The van der Waals surface area contributed by atoms with Gasteiger partial charge in [-0.1, -0.05) is 39.8 Å². The third kappa shape index (κ3) is 6.11. The Hall–Kier alpha value is -2.78. The number of hydrogen-bond donors (Lipinski definition) is 2. The average molecular weight is 450 g/mol. The number of carbonyl (C=O) groups excluding carboxylic acids is 2. The average Bonchev–Trinajstić information content (AvgIpc) is 2.73. The smallest absolute Gasteiger partial charge is 0.251 e. The SMILES string of the molecule is CCN(CC)S(=O)(=O)c1cc(C(=O)NCc2ccc(NC(=O)C(C)C)cc2)ccc1F. The summed E-state index contributed by atoms with van der Waals surface area (Å²) in [6, 6.07) is 10.3. The number of hydrogen-bond acceptors (Lipinski definition) is 4. The normalized spacial score (nSPS) is 11.6. The summed E-state index contributed by atoms with van der Waals surface area (Å²) in [6.45, 7) is 7.50. The number of carbonyl (C=O) groups is 2. The Morgan fingerprint density at radius 3 is 2.19 bits per heavy atom. The van der Waals surface area contributed by atoms with Gasteiger partial charge in [0.2, 0.25) is 15.9 Å². The first-order valence-electron chi connectivity index (χ1n) is 10.1. The van der Waals surface area contributed by atoms with Crippen LogP contribution in [0.5, 0.6) is 0 Å². The van der Waals surface area contributed by atoms with Gasteiger partial charge in [0.1, 0.15) is 10.7 Å². The summed E-state index contributed by atoms with van der Waals surface area (Å²) in [7, 11) is -4.03. The lowest BCUT2D eigenvalue weighted by molar-refractivity contribution is -0.118. The summed E-state index contributed by atoms with van der Waals surface area (Å²) < 4.78 is 40.6. The van der Waals surface area contributed by atoms with Crippen LogP contribution < -0.4 is 10.6 Å². The van der Waals surface area contributed by atoms with Gasteiger partial charge in [0.25, 0.3) is 5.91 Å². The highest BCUT2D eigenvalue weighted by atomic mass is 32.2. The van der Waals surface area contributed by atoms with Gasteiger partial charge in [-0.25, -0.2) is 12.8 Å². The van der Waals surface area contributed by atoms with Crippen molar-refractivity contribution in [1.82, 2.24) is 9.62 Å². The third-order valence-electron chi connectivity index (χ3n) is 4.72. The first kappa shape index (κ1) is 24.5. The molecule has 2 N–H and O–H groups in total. The van der Waals surface area contributed by atoms with E-state index in [2.05, 4.69) is 10.6 Å². The molecule has 0 aromatic heterocycles. The number of anilines is 1. The predicted octanol–water partition coefficient (Wildman–Crippen LogP) is 3.38. The minimum atomic E-state index is -4.03. The largest absolute Gasteiger partial charge is 0.348 e. The van der Waals surface area contributed by atoms with Crippen molar-refractivity contribution in [3.63, 3.8) is 0 Å². The molecule has 9 heteroatoms. The fraction of sp³-hybridized carbons (Fsp3) is 0.364. The summed E-state index contributed by atoms with van der Waals surface area (Å²) >= 11 is 0. The highest BCUT2D eigenvalue weighted by Crippen LogP contribution is 2.21. The molecule has 0 aliphatic carbocycles. The minimum Gasteiger partial charge on any atom is -0.348 e. The molecule has 0 heterocycles. The number of amides is 2. The van der Waals surface area contributed by atoms with Crippen molar-refractivity contribution in [2.45, 2.75) is 39.1 Å². The van der Waals surface area contributed by atoms with E-state index in [9.17, 15) is 22.4 Å². The molecular weight excluding hydrogens is 421 g/mol. The number of benzene rings is 2. The van der Waals surface area contributed by atoms with Crippen LogP contribution in [0.25, 0.3) is 0 Å². The van der Waals surface area contributed by atoms with E-state index >= 15 is 0 Å². The maximum Gasteiger partial charge on any atom is 0.251 e. The quantitative estimate of drug-likeness (QED) is 0.614. The van der Waals surface area contributed by atoms with Gasteiger partial charge in [0, 0.05) is 36.8 Å². The molecule has 0 unspecified atom stereocenters. The van der Waals surface area contributed by atoms with Crippen LogP contribution in [-0.2, 0) is 21.4 Å². The molecule has 2 rings (SSSR count). The van der Waals surface area contributed by atoms with Gasteiger partial charge in [-0.15, -0.1) is 0 Å². The van der Waals surface area contributed by atoms with Crippen LogP contribution in [0.2, 0.25) is 0 Å². The number of nitrogens with zero attached hydrogens (tertiary/aromatic N) is 1. The second kappa shape index (κ2) is 10.5. The Balaban J connectivity index is 2.10. The van der Waals surface area contributed by atoms with Crippen molar-refractivity contribution in [3.05, 3.63) is 59.4 Å². The summed E-state index contributed by atoms with van der Waals surface area (Å²) in [5.74, 6) is -1.64. The van der Waals surface area contributed by atoms with Crippen molar-refractivity contribution in [2.75, 3.05) is 18.4 Å². The van der Waals surface area contributed by atoms with E-state index < -0.39 is 26.6 Å². The molecule has 2 aromatic carbocycles. The Labute approximate surface area is 182 Å². The second-order valence-corrected chi connectivity index (χ2v) is 9.16. The number of halogens is 1. The molecule has 2 aromatic rings. The van der Waals surface area contributed by atoms with Crippen LogP contribution in [0.4, 0.5) is 10.1 Å². The first-order chi connectivity index (χ1) is 14.6. The van der Waals surface area contributed by atoms with E-state index in [0.29, 0.717) is 5.69 Å². The molecule has 0 aliphatic heterocycles. The molecule has 0 spiro atoms.